The molecule has 1 heterocycles. The first kappa shape index (κ1) is 17.7. The highest BCUT2D eigenvalue weighted by Gasteiger charge is 2.45. The van der Waals surface area contributed by atoms with Gasteiger partial charge in [-0.15, -0.1) is 0 Å². The third kappa shape index (κ3) is 4.22. The van der Waals surface area contributed by atoms with Crippen molar-refractivity contribution in [2.24, 2.45) is 0 Å². The lowest BCUT2D eigenvalue weighted by atomic mass is 9.99. The molecule has 1 N–H and O–H groups in total. The third-order valence-electron chi connectivity index (χ3n) is 3.80. The Labute approximate surface area is 132 Å². The minimum atomic E-state index is -4.32. The molecule has 0 radical (unpaired) electrons. The van der Waals surface area contributed by atoms with Crippen LogP contribution in [0.4, 0.5) is 13.2 Å². The summed E-state index contributed by atoms with van der Waals surface area (Å²) in [4.78, 5) is 1.04. The number of nitriles is 1. The predicted octanol–water partition coefficient (Wildman–Crippen LogP) is 1.86. The molecule has 1 aromatic carbocycles. The molecule has 0 aromatic heterocycles. The molecule has 1 fully saturated rings. The Morgan fingerprint density at radius 1 is 1.35 bits per heavy atom. The summed E-state index contributed by atoms with van der Waals surface area (Å²) in [5.74, 6) is 0. The Kier molecular flexibility index (Phi) is 4.98. The van der Waals surface area contributed by atoms with Gasteiger partial charge in [-0.2, -0.15) is 18.4 Å². The fourth-order valence-corrected chi connectivity index (χ4v) is 3.98. The highest BCUT2D eigenvalue weighted by molar-refractivity contribution is 7.89. The molecule has 0 spiro atoms. The van der Waals surface area contributed by atoms with Crippen LogP contribution in [0, 0.1) is 11.3 Å². The molecule has 1 aromatic rings. The second kappa shape index (κ2) is 6.47. The number of hydrogen-bond donors (Lipinski definition) is 1. The summed E-state index contributed by atoms with van der Waals surface area (Å²) in [6.45, 7) is -0.0264. The Hall–Kier alpha value is -1.63. The Morgan fingerprint density at radius 3 is 2.61 bits per heavy atom. The minimum Gasteiger partial charge on any atom is -0.294 e. The van der Waals surface area contributed by atoms with E-state index in [1.807, 2.05) is 6.07 Å². The van der Waals surface area contributed by atoms with E-state index in [1.54, 1.807) is 0 Å². The molecule has 0 unspecified atom stereocenters. The van der Waals surface area contributed by atoms with Gasteiger partial charge in [0.15, 0.2) is 0 Å². The van der Waals surface area contributed by atoms with Gasteiger partial charge in [-0.25, -0.2) is 13.1 Å². The molecule has 126 valence electrons. The van der Waals surface area contributed by atoms with Crippen molar-refractivity contribution in [2.75, 3.05) is 13.6 Å². The van der Waals surface area contributed by atoms with Gasteiger partial charge in [0.2, 0.25) is 10.0 Å². The Morgan fingerprint density at radius 2 is 2.04 bits per heavy atom. The highest BCUT2D eigenvalue weighted by Crippen LogP contribution is 2.31. The summed E-state index contributed by atoms with van der Waals surface area (Å²) in [7, 11) is -2.55. The van der Waals surface area contributed by atoms with Gasteiger partial charge in [0.05, 0.1) is 16.5 Å². The van der Waals surface area contributed by atoms with Gasteiger partial charge < -0.3 is 0 Å². The minimum absolute atomic E-state index is 0.0264. The van der Waals surface area contributed by atoms with E-state index >= 15 is 0 Å². The lowest BCUT2D eigenvalue weighted by molar-refractivity contribution is -0.188. The maximum atomic E-state index is 12.8. The zero-order valence-corrected chi connectivity index (χ0v) is 13.2. The second-order valence-electron chi connectivity index (χ2n) is 5.53. The average Bonchev–Trinajstić information content (AvgIpc) is 2.45. The van der Waals surface area contributed by atoms with Crippen molar-refractivity contribution in [1.29, 1.82) is 5.26 Å². The van der Waals surface area contributed by atoms with Crippen molar-refractivity contribution in [3.05, 3.63) is 29.8 Å². The maximum Gasteiger partial charge on any atom is 0.404 e. The first-order valence-electron chi connectivity index (χ1n) is 6.93. The van der Waals surface area contributed by atoms with Crippen LogP contribution in [0.25, 0.3) is 0 Å². The van der Waals surface area contributed by atoms with Crippen molar-refractivity contribution >= 4 is 10.0 Å². The lowest BCUT2D eigenvalue weighted by Gasteiger charge is -2.38. The standard InChI is InChI=1S/C14H16F3N3O2S/c1-20-9-11(5-6-13(20)14(15,16)17)19-23(21,22)12-4-2-3-10(7-12)8-18/h2-4,7,11,13,19H,5-6,9H2,1H3/t11-,13-/m1/s1. The molecule has 23 heavy (non-hydrogen) atoms. The van der Waals surface area contributed by atoms with E-state index in [1.165, 1.54) is 31.3 Å². The topological polar surface area (TPSA) is 73.2 Å². The van der Waals surface area contributed by atoms with E-state index in [4.69, 9.17) is 5.26 Å². The largest absolute Gasteiger partial charge is 0.404 e. The molecular formula is C14H16F3N3O2S. The normalized spacial score (nSPS) is 23.4. The van der Waals surface area contributed by atoms with Gasteiger partial charge in [0.1, 0.15) is 6.04 Å². The number of piperidine rings is 1. The average molecular weight is 347 g/mol. The van der Waals surface area contributed by atoms with E-state index in [2.05, 4.69) is 4.72 Å². The van der Waals surface area contributed by atoms with E-state index in [0.29, 0.717) is 0 Å². The monoisotopic (exact) mass is 347 g/mol. The van der Waals surface area contributed by atoms with Gasteiger partial charge >= 0.3 is 6.18 Å². The Bertz CT molecular complexity index is 713. The van der Waals surface area contributed by atoms with Crippen LogP contribution in [0.2, 0.25) is 0 Å². The Balaban J connectivity index is 2.09. The smallest absolute Gasteiger partial charge is 0.294 e. The molecule has 1 saturated heterocycles. The molecule has 0 bridgehead atoms. The van der Waals surface area contributed by atoms with Crippen molar-refractivity contribution in [2.45, 2.75) is 36.0 Å². The molecule has 0 amide bonds. The number of likely N-dealkylation sites (N-methyl/N-ethyl adjacent to an activating group) is 1. The zero-order chi connectivity index (χ0) is 17.3. The van der Waals surface area contributed by atoms with E-state index < -0.39 is 28.3 Å². The lowest BCUT2D eigenvalue weighted by Crippen LogP contribution is -2.54. The molecule has 5 nitrogen and oxygen atoms in total. The summed E-state index contributed by atoms with van der Waals surface area (Å²) in [6.07, 6.45) is -4.38. The summed E-state index contributed by atoms with van der Waals surface area (Å²) >= 11 is 0. The fraction of sp³-hybridized carbons (Fsp3) is 0.500. The molecule has 2 atom stereocenters. The van der Waals surface area contributed by atoms with E-state index in [0.717, 1.165) is 4.90 Å². The molecule has 0 saturated carbocycles. The van der Waals surface area contributed by atoms with Crippen LogP contribution in [-0.4, -0.2) is 45.2 Å². The number of nitrogens with zero attached hydrogens (tertiary/aromatic N) is 2. The third-order valence-corrected chi connectivity index (χ3v) is 5.32. The summed E-state index contributed by atoms with van der Waals surface area (Å²) in [5.41, 5.74) is 0.200. The van der Waals surface area contributed by atoms with Crippen LogP contribution < -0.4 is 4.72 Å². The molecule has 1 aliphatic heterocycles. The quantitative estimate of drug-likeness (QED) is 0.906. The maximum absolute atomic E-state index is 12.8. The number of alkyl halides is 3. The summed E-state index contributed by atoms with van der Waals surface area (Å²) in [6, 6.07) is 5.18. The first-order valence-corrected chi connectivity index (χ1v) is 8.41. The molecule has 2 rings (SSSR count). The number of rotatable bonds is 3. The number of hydrogen-bond acceptors (Lipinski definition) is 4. The zero-order valence-electron chi connectivity index (χ0n) is 12.3. The van der Waals surface area contributed by atoms with Gasteiger partial charge in [-0.05, 0) is 38.1 Å². The van der Waals surface area contributed by atoms with Crippen molar-refractivity contribution in [3.63, 3.8) is 0 Å². The van der Waals surface area contributed by atoms with Crippen LogP contribution in [0.5, 0.6) is 0 Å². The van der Waals surface area contributed by atoms with E-state index in [-0.39, 0.29) is 29.8 Å². The van der Waals surface area contributed by atoms with Crippen molar-refractivity contribution < 1.29 is 21.6 Å². The number of halogens is 3. The van der Waals surface area contributed by atoms with Crippen LogP contribution in [0.3, 0.4) is 0 Å². The van der Waals surface area contributed by atoms with Gasteiger partial charge in [0, 0.05) is 12.6 Å². The SMILES string of the molecule is CN1C[C@H](NS(=O)(=O)c2cccc(C#N)c2)CC[C@@H]1C(F)(F)F. The van der Waals surface area contributed by atoms with Gasteiger partial charge in [-0.1, -0.05) is 6.07 Å². The molecular weight excluding hydrogens is 331 g/mol. The van der Waals surface area contributed by atoms with Crippen molar-refractivity contribution in [3.8, 4) is 6.07 Å². The number of sulfonamides is 1. The number of nitrogens with one attached hydrogen (secondary N) is 1. The van der Waals surface area contributed by atoms with Crippen LogP contribution in [0.15, 0.2) is 29.2 Å². The molecule has 9 heteroatoms. The molecule has 0 aliphatic carbocycles. The predicted molar refractivity (Wildman–Crippen MR) is 77.0 cm³/mol. The number of benzene rings is 1. The van der Waals surface area contributed by atoms with Crippen molar-refractivity contribution in [1.82, 2.24) is 9.62 Å². The summed E-state index contributed by atoms with van der Waals surface area (Å²) in [5, 5.41) is 8.81. The van der Waals surface area contributed by atoms with Gasteiger partial charge in [-0.3, -0.25) is 4.90 Å². The van der Waals surface area contributed by atoms with Gasteiger partial charge in [0.25, 0.3) is 0 Å². The molecule has 1 aliphatic rings. The first-order chi connectivity index (χ1) is 10.6. The fourth-order valence-electron chi connectivity index (χ4n) is 2.68. The van der Waals surface area contributed by atoms with Crippen LogP contribution in [0.1, 0.15) is 18.4 Å². The highest BCUT2D eigenvalue weighted by atomic mass is 32.2. The van der Waals surface area contributed by atoms with Crippen LogP contribution >= 0.6 is 0 Å². The number of likely N-dealkylation sites (tertiary alicyclic amines) is 1. The van der Waals surface area contributed by atoms with E-state index in [9.17, 15) is 21.6 Å². The second-order valence-corrected chi connectivity index (χ2v) is 7.25. The summed E-state index contributed by atoms with van der Waals surface area (Å²) < 4.78 is 65.4. The van der Waals surface area contributed by atoms with Crippen LogP contribution in [-0.2, 0) is 10.0 Å².